The zero-order valence-corrected chi connectivity index (χ0v) is 16.5. The van der Waals surface area contributed by atoms with Crippen LogP contribution in [-0.2, 0) is 9.59 Å². The second-order valence-corrected chi connectivity index (χ2v) is 6.71. The van der Waals surface area contributed by atoms with E-state index >= 15 is 0 Å². The van der Waals surface area contributed by atoms with E-state index in [4.69, 9.17) is 30.6 Å². The van der Waals surface area contributed by atoms with Crippen molar-refractivity contribution < 1.29 is 45.3 Å². The van der Waals surface area contributed by atoms with Crippen molar-refractivity contribution >= 4 is 11.6 Å². The highest BCUT2D eigenvalue weighted by molar-refractivity contribution is 6.05. The van der Waals surface area contributed by atoms with Crippen LogP contribution in [0.4, 0.5) is 0 Å². The lowest BCUT2D eigenvalue weighted by Gasteiger charge is -2.16. The van der Waals surface area contributed by atoms with Crippen molar-refractivity contribution in [3.8, 4) is 17.2 Å². The van der Waals surface area contributed by atoms with Gasteiger partial charge in [0, 0.05) is 0 Å². The molecule has 0 heterocycles. The summed E-state index contributed by atoms with van der Waals surface area (Å²) in [5, 5.41) is 63.6. The lowest BCUT2D eigenvalue weighted by molar-refractivity contribution is -0.298. The van der Waals surface area contributed by atoms with Crippen LogP contribution < -0.4 is 5.11 Å². The van der Waals surface area contributed by atoms with Crippen LogP contribution >= 0.6 is 0 Å². The summed E-state index contributed by atoms with van der Waals surface area (Å²) in [6, 6.07) is 2.74. The molecule has 2 aliphatic rings. The number of Topliss-reactive ketones (excluding diaryl/α,β-unsaturated/α-hetero) is 2. The van der Waals surface area contributed by atoms with Gasteiger partial charge in [-0.1, -0.05) is 25.7 Å². The van der Waals surface area contributed by atoms with Crippen molar-refractivity contribution in [2.45, 2.75) is 20.8 Å². The molecule has 1 unspecified atom stereocenters. The van der Waals surface area contributed by atoms with Gasteiger partial charge in [0.1, 0.15) is 0 Å². The molecule has 0 amide bonds. The highest BCUT2D eigenvalue weighted by atomic mass is 16.3. The number of phenols is 3. The smallest absolute Gasteiger partial charge is 0.260 e. The van der Waals surface area contributed by atoms with Crippen molar-refractivity contribution in [3.63, 3.8) is 0 Å². The second-order valence-electron chi connectivity index (χ2n) is 6.71. The van der Waals surface area contributed by atoms with Crippen molar-refractivity contribution in [2.75, 3.05) is 0 Å². The van der Waals surface area contributed by atoms with Crippen LogP contribution in [0.2, 0.25) is 0 Å². The predicted molar refractivity (Wildman–Crippen MR) is 105 cm³/mol. The molecule has 0 bridgehead atoms. The Labute approximate surface area is 172 Å². The number of allylic oxidation sites excluding steroid dienone is 4. The third-order valence-electron chi connectivity index (χ3n) is 3.81. The number of rotatable bonds is 0. The Balaban J connectivity index is 0.000000225. The predicted octanol–water partition coefficient (Wildman–Crippen LogP) is 2.09. The van der Waals surface area contributed by atoms with E-state index in [1.165, 1.54) is 36.4 Å². The first kappa shape index (κ1) is 24.2. The fraction of sp³-hybridized carbons (Fsp3) is 0.238. The maximum atomic E-state index is 10.6. The lowest BCUT2D eigenvalue weighted by atomic mass is 10.0. The van der Waals surface area contributed by atoms with Crippen LogP contribution in [0.5, 0.6) is 17.2 Å². The Morgan fingerprint density at radius 2 is 1.07 bits per heavy atom. The van der Waals surface area contributed by atoms with Gasteiger partial charge in [-0.2, -0.15) is 0 Å². The molecule has 0 radical (unpaired) electrons. The van der Waals surface area contributed by atoms with Crippen molar-refractivity contribution in [3.05, 3.63) is 65.0 Å². The minimum absolute atomic E-state index is 0.0716. The van der Waals surface area contributed by atoms with Gasteiger partial charge in [-0.3, -0.25) is 9.59 Å². The molecule has 162 valence electrons. The van der Waals surface area contributed by atoms with Crippen LogP contribution in [0.1, 0.15) is 19.4 Å². The average molecular weight is 419 g/mol. The Hall–Kier alpha value is -3.88. The number of aromatic hydroxyl groups is 3. The van der Waals surface area contributed by atoms with Gasteiger partial charge in [-0.05, 0) is 54.7 Å². The van der Waals surface area contributed by atoms with Crippen molar-refractivity contribution in [1.82, 2.24) is 0 Å². The number of benzene rings is 1. The van der Waals surface area contributed by atoms with Crippen LogP contribution in [0.3, 0.4) is 0 Å². The summed E-state index contributed by atoms with van der Waals surface area (Å²) in [5.41, 5.74) is 0.702. The molecule has 0 saturated heterocycles. The number of aliphatic hydroxyl groups is 3. The van der Waals surface area contributed by atoms with E-state index in [0.717, 1.165) is 0 Å². The van der Waals surface area contributed by atoms with Crippen molar-refractivity contribution in [1.29, 1.82) is 0 Å². The Kier molecular flexibility index (Phi) is 8.10. The minimum Gasteiger partial charge on any atom is -0.870 e. The largest absolute Gasteiger partial charge is 0.870 e. The van der Waals surface area contributed by atoms with Gasteiger partial charge in [0.25, 0.3) is 5.78 Å². The fourth-order valence-corrected chi connectivity index (χ4v) is 2.38. The summed E-state index contributed by atoms with van der Waals surface area (Å²) in [5.74, 6) is -4.55. The van der Waals surface area contributed by atoms with E-state index in [2.05, 4.69) is 0 Å². The summed E-state index contributed by atoms with van der Waals surface area (Å²) in [7, 11) is 0. The zero-order chi connectivity index (χ0) is 23.2. The first-order valence-corrected chi connectivity index (χ1v) is 8.75. The molecule has 0 aliphatic heterocycles. The Morgan fingerprint density at radius 3 is 1.47 bits per heavy atom. The van der Waals surface area contributed by atoms with Gasteiger partial charge in [0.05, 0.1) is 0 Å². The number of phenolic OH excluding ortho intramolecular Hbond substituents is 3. The van der Waals surface area contributed by atoms with E-state index in [9.17, 15) is 14.7 Å². The highest BCUT2D eigenvalue weighted by Gasteiger charge is 2.18. The maximum absolute atomic E-state index is 10.6. The second kappa shape index (κ2) is 10.1. The Morgan fingerprint density at radius 1 is 0.700 bits per heavy atom. The van der Waals surface area contributed by atoms with E-state index in [1.54, 1.807) is 20.8 Å². The van der Waals surface area contributed by atoms with E-state index in [0.29, 0.717) is 5.56 Å². The van der Waals surface area contributed by atoms with Gasteiger partial charge < -0.3 is 35.7 Å². The van der Waals surface area contributed by atoms with Gasteiger partial charge in [-0.25, -0.2) is 0 Å². The molecule has 2 aliphatic carbocycles. The summed E-state index contributed by atoms with van der Waals surface area (Å²) < 4.78 is 0. The summed E-state index contributed by atoms with van der Waals surface area (Å²) in [4.78, 5) is 21.2. The van der Waals surface area contributed by atoms with E-state index < -0.39 is 28.8 Å². The molecule has 6 N–H and O–H groups in total. The van der Waals surface area contributed by atoms with Gasteiger partial charge >= 0.3 is 0 Å². The summed E-state index contributed by atoms with van der Waals surface area (Å²) in [6.07, 6.45) is 5.41. The SMILES string of the molecule is CC1C=C(O)C(=O)C(O)=C1.CC1C=C([O-])C(=O)C(O)=C1.Cc1cc(O)c(O)c(O)c1. The number of carbonyl (C=O) groups is 2. The molecule has 9 heteroatoms. The molecule has 1 atom stereocenters. The molecular weight excluding hydrogens is 396 g/mol. The molecular formula is C21H23O9-. The number of carbonyl (C=O) groups excluding carboxylic acids is 2. The fourth-order valence-electron chi connectivity index (χ4n) is 2.38. The first-order chi connectivity index (χ1) is 13.8. The molecule has 1 aromatic carbocycles. The molecule has 0 saturated carbocycles. The number of aryl methyl sites for hydroxylation is 1. The Bertz CT molecular complexity index is 834. The van der Waals surface area contributed by atoms with Crippen molar-refractivity contribution in [2.24, 2.45) is 11.8 Å². The number of ketones is 2. The first-order valence-electron chi connectivity index (χ1n) is 8.75. The molecule has 1 aromatic rings. The number of aliphatic hydroxyl groups excluding tert-OH is 3. The lowest BCUT2D eigenvalue weighted by Crippen LogP contribution is -2.21. The van der Waals surface area contributed by atoms with Gasteiger partial charge in [-0.15, -0.1) is 0 Å². The van der Waals surface area contributed by atoms with E-state index in [1.807, 2.05) is 0 Å². The maximum Gasteiger partial charge on any atom is 0.260 e. The molecule has 0 spiro atoms. The average Bonchev–Trinajstić information content (AvgIpc) is 2.63. The standard InChI is InChI=1S/3C7H8O3/c3*1-4-2-5(8)7(10)6(9)3-4/h2-3,8-10H,1H3;2*2-4,8-9H,1H3/p-1. The third kappa shape index (κ3) is 6.62. The third-order valence-corrected chi connectivity index (χ3v) is 3.81. The van der Waals surface area contributed by atoms with E-state index in [-0.39, 0.29) is 34.9 Å². The van der Waals surface area contributed by atoms with Crippen LogP contribution in [0.25, 0.3) is 0 Å². The van der Waals surface area contributed by atoms with Crippen LogP contribution in [-0.4, -0.2) is 42.2 Å². The molecule has 0 aromatic heterocycles. The summed E-state index contributed by atoms with van der Waals surface area (Å²) in [6.45, 7) is 5.19. The number of hydrogen-bond donors (Lipinski definition) is 6. The quantitative estimate of drug-likeness (QED) is 0.343. The van der Waals surface area contributed by atoms with Crippen LogP contribution in [0.15, 0.2) is 59.5 Å². The monoisotopic (exact) mass is 419 g/mol. The normalized spacial score (nSPS) is 18.6. The number of hydrogen-bond acceptors (Lipinski definition) is 9. The van der Waals surface area contributed by atoms with Gasteiger partial charge in [0.15, 0.2) is 34.5 Å². The van der Waals surface area contributed by atoms with Gasteiger partial charge in [0.2, 0.25) is 5.78 Å². The molecule has 30 heavy (non-hydrogen) atoms. The molecule has 0 fully saturated rings. The topological polar surface area (TPSA) is 179 Å². The minimum atomic E-state index is -0.807. The van der Waals surface area contributed by atoms with Crippen LogP contribution in [0, 0.1) is 18.8 Å². The molecule has 9 nitrogen and oxygen atoms in total. The highest BCUT2D eigenvalue weighted by Crippen LogP contribution is 2.34. The summed E-state index contributed by atoms with van der Waals surface area (Å²) >= 11 is 0. The molecule has 3 rings (SSSR count). The zero-order valence-electron chi connectivity index (χ0n) is 16.5.